The number of nitrogens with one attached hydrogen (secondary N) is 1. The number of carbonyl (C=O) groups is 3. The number of hydrogen-bond acceptors (Lipinski definition) is 3. The number of benzene rings is 1. The van der Waals surface area contributed by atoms with Crippen molar-refractivity contribution in [2.45, 2.75) is 31.7 Å². The highest BCUT2D eigenvalue weighted by Gasteiger charge is 2.33. The van der Waals surface area contributed by atoms with Crippen molar-refractivity contribution in [2.24, 2.45) is 5.92 Å². The van der Waals surface area contributed by atoms with Crippen molar-refractivity contribution in [2.75, 3.05) is 0 Å². The van der Waals surface area contributed by atoms with Gasteiger partial charge in [-0.15, -0.1) is 0 Å². The lowest BCUT2D eigenvalue weighted by Crippen LogP contribution is -2.47. The quantitative estimate of drug-likeness (QED) is 0.874. The van der Waals surface area contributed by atoms with Gasteiger partial charge in [-0.3, -0.25) is 9.59 Å². The average molecular weight is 275 g/mol. The third-order valence-corrected chi connectivity index (χ3v) is 3.58. The smallest absolute Gasteiger partial charge is 0.326 e. The van der Waals surface area contributed by atoms with Gasteiger partial charge in [0.1, 0.15) is 11.8 Å². The van der Waals surface area contributed by atoms with Gasteiger partial charge in [0.25, 0.3) is 5.91 Å². The first-order valence-corrected chi connectivity index (χ1v) is 6.68. The minimum absolute atomic E-state index is 0.0708. The Hall–Kier alpha value is -2.17. The normalized spacial score (nSPS) is 20.2. The summed E-state index contributed by atoms with van der Waals surface area (Å²) in [7, 11) is 0. The van der Waals surface area contributed by atoms with Crippen molar-refractivity contribution in [3.8, 4) is 0 Å². The maximum Gasteiger partial charge on any atom is 0.326 e. The van der Waals surface area contributed by atoms with Crippen LogP contribution in [0.1, 0.15) is 36.0 Å². The molecule has 0 aromatic heterocycles. The standard InChI is InChI=1S/C15H17NO4/c17-12-8-4-7-11(9-12)13(15(19)20)16-14(18)10-5-2-1-3-6-10/h1-3,5-6,11,13H,4,7-9H2,(H,16,18)(H,19,20)/t11-,13+/m1/s1. The van der Waals surface area contributed by atoms with E-state index in [1.54, 1.807) is 30.3 Å². The van der Waals surface area contributed by atoms with E-state index in [0.717, 1.165) is 0 Å². The predicted octanol–water partition coefficient (Wildman–Crippen LogP) is 1.63. The summed E-state index contributed by atoms with van der Waals surface area (Å²) >= 11 is 0. The largest absolute Gasteiger partial charge is 0.480 e. The van der Waals surface area contributed by atoms with Crippen LogP contribution in [0.15, 0.2) is 30.3 Å². The highest BCUT2D eigenvalue weighted by atomic mass is 16.4. The molecule has 20 heavy (non-hydrogen) atoms. The van der Waals surface area contributed by atoms with Crippen molar-refractivity contribution in [1.29, 1.82) is 0 Å². The molecule has 2 rings (SSSR count). The number of amides is 1. The Kier molecular flexibility index (Phi) is 4.50. The van der Waals surface area contributed by atoms with Crippen LogP contribution >= 0.6 is 0 Å². The number of carboxylic acid groups (broad SMARTS) is 1. The Bertz CT molecular complexity index is 512. The lowest BCUT2D eigenvalue weighted by Gasteiger charge is -2.27. The van der Waals surface area contributed by atoms with E-state index < -0.39 is 17.9 Å². The molecule has 2 atom stereocenters. The fourth-order valence-corrected chi connectivity index (χ4v) is 2.54. The van der Waals surface area contributed by atoms with E-state index >= 15 is 0 Å². The van der Waals surface area contributed by atoms with Gasteiger partial charge >= 0.3 is 5.97 Å². The Morgan fingerprint density at radius 1 is 1.25 bits per heavy atom. The molecule has 0 spiro atoms. The molecule has 1 aromatic rings. The maximum atomic E-state index is 12.0. The monoisotopic (exact) mass is 275 g/mol. The predicted molar refractivity (Wildman–Crippen MR) is 72.3 cm³/mol. The molecule has 0 saturated heterocycles. The molecular weight excluding hydrogens is 258 g/mol. The number of hydrogen-bond donors (Lipinski definition) is 2. The number of aliphatic carboxylic acids is 1. The van der Waals surface area contributed by atoms with Gasteiger partial charge in [0.2, 0.25) is 0 Å². The van der Waals surface area contributed by atoms with E-state index in [0.29, 0.717) is 24.8 Å². The molecule has 106 valence electrons. The second kappa shape index (κ2) is 6.32. The SMILES string of the molecule is O=C1CCC[C@@H]([C@H](NC(=O)c2ccccc2)C(=O)O)C1. The molecule has 1 amide bonds. The molecule has 1 aliphatic carbocycles. The van der Waals surface area contributed by atoms with E-state index in [4.69, 9.17) is 0 Å². The van der Waals surface area contributed by atoms with Crippen LogP contribution in [0.5, 0.6) is 0 Å². The Balaban J connectivity index is 2.08. The first kappa shape index (κ1) is 14.2. The van der Waals surface area contributed by atoms with Crippen LogP contribution in [0.3, 0.4) is 0 Å². The van der Waals surface area contributed by atoms with Gasteiger partial charge in [-0.2, -0.15) is 0 Å². The van der Waals surface area contributed by atoms with E-state index in [-0.39, 0.29) is 18.1 Å². The number of Topliss-reactive ketones (excluding diaryl/α,β-unsaturated/α-hetero) is 1. The molecule has 1 aromatic carbocycles. The van der Waals surface area contributed by atoms with Gasteiger partial charge in [0, 0.05) is 18.4 Å². The molecule has 5 heteroatoms. The molecule has 1 saturated carbocycles. The molecule has 0 radical (unpaired) electrons. The summed E-state index contributed by atoms with van der Waals surface area (Å²) in [6.07, 6.45) is 2.08. The third-order valence-electron chi connectivity index (χ3n) is 3.58. The van der Waals surface area contributed by atoms with E-state index in [9.17, 15) is 19.5 Å². The summed E-state index contributed by atoms with van der Waals surface area (Å²) in [5.74, 6) is -1.76. The van der Waals surface area contributed by atoms with Crippen LogP contribution in [-0.4, -0.2) is 28.8 Å². The van der Waals surface area contributed by atoms with Crippen molar-refractivity contribution in [3.63, 3.8) is 0 Å². The number of carboxylic acids is 1. The minimum Gasteiger partial charge on any atom is -0.480 e. The van der Waals surface area contributed by atoms with Crippen molar-refractivity contribution < 1.29 is 19.5 Å². The first-order valence-electron chi connectivity index (χ1n) is 6.68. The highest BCUT2D eigenvalue weighted by Crippen LogP contribution is 2.24. The summed E-state index contributed by atoms with van der Waals surface area (Å²) in [5.41, 5.74) is 0.417. The second-order valence-electron chi connectivity index (χ2n) is 5.05. The molecule has 2 N–H and O–H groups in total. The van der Waals surface area contributed by atoms with Crippen LogP contribution < -0.4 is 5.32 Å². The van der Waals surface area contributed by atoms with Crippen LogP contribution in [0.25, 0.3) is 0 Å². The fourth-order valence-electron chi connectivity index (χ4n) is 2.54. The average Bonchev–Trinajstić information content (AvgIpc) is 2.45. The Morgan fingerprint density at radius 2 is 1.95 bits per heavy atom. The molecule has 1 fully saturated rings. The van der Waals surface area contributed by atoms with Crippen LogP contribution in [0, 0.1) is 5.92 Å². The molecule has 0 aliphatic heterocycles. The molecule has 5 nitrogen and oxygen atoms in total. The molecule has 0 unspecified atom stereocenters. The summed E-state index contributed by atoms with van der Waals surface area (Å²) < 4.78 is 0. The minimum atomic E-state index is -1.09. The van der Waals surface area contributed by atoms with Gasteiger partial charge in [-0.1, -0.05) is 18.2 Å². The summed E-state index contributed by atoms with van der Waals surface area (Å²) in [6, 6.07) is 7.46. The molecule has 0 heterocycles. The lowest BCUT2D eigenvalue weighted by atomic mass is 9.83. The zero-order valence-corrected chi connectivity index (χ0v) is 11.0. The van der Waals surface area contributed by atoms with E-state index in [1.165, 1.54) is 0 Å². The first-order chi connectivity index (χ1) is 9.58. The van der Waals surface area contributed by atoms with Crippen molar-refractivity contribution in [1.82, 2.24) is 5.32 Å². The fraction of sp³-hybridized carbons (Fsp3) is 0.400. The summed E-state index contributed by atoms with van der Waals surface area (Å²) in [6.45, 7) is 0. The second-order valence-corrected chi connectivity index (χ2v) is 5.05. The Morgan fingerprint density at radius 3 is 2.55 bits per heavy atom. The zero-order chi connectivity index (χ0) is 14.5. The maximum absolute atomic E-state index is 12.0. The zero-order valence-electron chi connectivity index (χ0n) is 11.0. The van der Waals surface area contributed by atoms with Crippen LogP contribution in [0.2, 0.25) is 0 Å². The van der Waals surface area contributed by atoms with Crippen molar-refractivity contribution in [3.05, 3.63) is 35.9 Å². The van der Waals surface area contributed by atoms with Crippen molar-refractivity contribution >= 4 is 17.7 Å². The lowest BCUT2D eigenvalue weighted by molar-refractivity contribution is -0.141. The van der Waals surface area contributed by atoms with Crippen LogP contribution in [0.4, 0.5) is 0 Å². The number of rotatable bonds is 4. The summed E-state index contributed by atoms with van der Waals surface area (Å²) in [4.78, 5) is 34.8. The van der Waals surface area contributed by atoms with E-state index in [2.05, 4.69) is 5.32 Å². The molecular formula is C15H17NO4. The number of carbonyl (C=O) groups excluding carboxylic acids is 2. The van der Waals surface area contributed by atoms with Gasteiger partial charge in [-0.05, 0) is 30.9 Å². The van der Waals surface area contributed by atoms with E-state index in [1.807, 2.05) is 0 Å². The topological polar surface area (TPSA) is 83.5 Å². The van der Waals surface area contributed by atoms with Crippen LogP contribution in [-0.2, 0) is 9.59 Å². The summed E-state index contributed by atoms with van der Waals surface area (Å²) in [5, 5.41) is 11.8. The molecule has 0 bridgehead atoms. The third kappa shape index (κ3) is 3.44. The van der Waals surface area contributed by atoms with Gasteiger partial charge < -0.3 is 10.4 Å². The molecule has 1 aliphatic rings. The van der Waals surface area contributed by atoms with Gasteiger partial charge in [-0.25, -0.2) is 4.79 Å². The Labute approximate surface area is 117 Å². The highest BCUT2D eigenvalue weighted by molar-refractivity contribution is 5.96. The van der Waals surface area contributed by atoms with Gasteiger partial charge in [0.15, 0.2) is 0 Å². The van der Waals surface area contributed by atoms with Gasteiger partial charge in [0.05, 0.1) is 0 Å². The number of ketones is 1.